The van der Waals surface area contributed by atoms with Crippen LogP contribution in [0, 0.1) is 20.8 Å². The first-order valence-electron chi connectivity index (χ1n) is 7.51. The molecule has 0 radical (unpaired) electrons. The van der Waals surface area contributed by atoms with Gasteiger partial charge >= 0.3 is 0 Å². The van der Waals surface area contributed by atoms with Gasteiger partial charge in [-0.1, -0.05) is 19.1 Å². The molecule has 1 atom stereocenters. The third-order valence-corrected chi connectivity index (χ3v) is 5.07. The van der Waals surface area contributed by atoms with E-state index in [4.69, 9.17) is 4.74 Å². The van der Waals surface area contributed by atoms with Gasteiger partial charge in [0.2, 0.25) is 0 Å². The Morgan fingerprint density at radius 3 is 2.48 bits per heavy atom. The van der Waals surface area contributed by atoms with E-state index in [2.05, 4.69) is 56.6 Å². The standard InChI is InChI=1S/C18H25NOS/c1-6-10-19-16(18-13(3)9-11-21-18)15-8-7-12(2)14(4)17(15)20-5/h7-9,11,16,19H,6,10H2,1-5H3. The topological polar surface area (TPSA) is 21.3 Å². The number of aryl methyl sites for hydroxylation is 2. The van der Waals surface area contributed by atoms with Crippen molar-refractivity contribution in [1.29, 1.82) is 0 Å². The molecule has 0 fully saturated rings. The molecule has 0 saturated heterocycles. The van der Waals surface area contributed by atoms with Crippen LogP contribution in [0.4, 0.5) is 0 Å². The minimum Gasteiger partial charge on any atom is -0.496 e. The van der Waals surface area contributed by atoms with Crippen molar-refractivity contribution in [3.8, 4) is 5.75 Å². The van der Waals surface area contributed by atoms with E-state index in [-0.39, 0.29) is 6.04 Å². The number of hydrogen-bond donors (Lipinski definition) is 1. The lowest BCUT2D eigenvalue weighted by Gasteiger charge is -2.23. The number of methoxy groups -OCH3 is 1. The molecule has 2 rings (SSSR count). The predicted octanol–water partition coefficient (Wildman–Crippen LogP) is 4.77. The van der Waals surface area contributed by atoms with Gasteiger partial charge in [-0.3, -0.25) is 0 Å². The highest BCUT2D eigenvalue weighted by Gasteiger charge is 2.22. The Labute approximate surface area is 132 Å². The van der Waals surface area contributed by atoms with Gasteiger partial charge in [0, 0.05) is 10.4 Å². The van der Waals surface area contributed by atoms with Crippen LogP contribution in [0.25, 0.3) is 0 Å². The molecule has 0 aliphatic carbocycles. The third kappa shape index (κ3) is 3.30. The van der Waals surface area contributed by atoms with Gasteiger partial charge in [-0.2, -0.15) is 0 Å². The fraction of sp³-hybridized carbons (Fsp3) is 0.444. The Morgan fingerprint density at radius 2 is 1.90 bits per heavy atom. The lowest BCUT2D eigenvalue weighted by molar-refractivity contribution is 0.400. The van der Waals surface area contributed by atoms with Crippen molar-refractivity contribution in [1.82, 2.24) is 5.32 Å². The summed E-state index contributed by atoms with van der Waals surface area (Å²) in [5.41, 5.74) is 5.08. The van der Waals surface area contributed by atoms with Crippen molar-refractivity contribution >= 4 is 11.3 Å². The fourth-order valence-corrected chi connectivity index (χ4v) is 3.64. The highest BCUT2D eigenvalue weighted by atomic mass is 32.1. The molecule has 3 heteroatoms. The molecule has 2 nitrogen and oxygen atoms in total. The maximum absolute atomic E-state index is 5.72. The summed E-state index contributed by atoms with van der Waals surface area (Å²) in [7, 11) is 1.77. The second kappa shape index (κ2) is 7.10. The molecule has 1 aromatic carbocycles. The summed E-state index contributed by atoms with van der Waals surface area (Å²) in [5, 5.41) is 5.85. The molecule has 0 spiro atoms. The molecule has 0 aliphatic rings. The van der Waals surface area contributed by atoms with Gasteiger partial charge in [0.05, 0.1) is 13.2 Å². The van der Waals surface area contributed by atoms with Crippen LogP contribution in [0.2, 0.25) is 0 Å². The number of benzene rings is 1. The molecule has 0 amide bonds. The largest absolute Gasteiger partial charge is 0.496 e. The molecule has 1 unspecified atom stereocenters. The first-order chi connectivity index (χ1) is 10.1. The van der Waals surface area contributed by atoms with E-state index < -0.39 is 0 Å². The summed E-state index contributed by atoms with van der Waals surface area (Å²) in [6.45, 7) is 9.64. The molecule has 2 aromatic rings. The Bertz CT molecular complexity index is 603. The molecular formula is C18H25NOS. The van der Waals surface area contributed by atoms with Crippen molar-refractivity contribution in [2.75, 3.05) is 13.7 Å². The first kappa shape index (κ1) is 16.1. The van der Waals surface area contributed by atoms with Crippen molar-refractivity contribution < 1.29 is 4.74 Å². The number of hydrogen-bond acceptors (Lipinski definition) is 3. The molecule has 114 valence electrons. The van der Waals surface area contributed by atoms with Crippen molar-refractivity contribution in [3.63, 3.8) is 0 Å². The van der Waals surface area contributed by atoms with Crippen LogP contribution in [0.1, 0.15) is 46.5 Å². The number of rotatable bonds is 6. The normalized spacial score (nSPS) is 12.4. The van der Waals surface area contributed by atoms with E-state index in [1.807, 2.05) is 11.3 Å². The average molecular weight is 303 g/mol. The van der Waals surface area contributed by atoms with Gasteiger partial charge in [-0.15, -0.1) is 11.3 Å². The smallest absolute Gasteiger partial charge is 0.127 e. The molecule has 0 bridgehead atoms. The lowest BCUT2D eigenvalue weighted by Crippen LogP contribution is -2.23. The maximum Gasteiger partial charge on any atom is 0.127 e. The van der Waals surface area contributed by atoms with Crippen LogP contribution in [-0.4, -0.2) is 13.7 Å². The Kier molecular flexibility index (Phi) is 5.43. The van der Waals surface area contributed by atoms with Gasteiger partial charge in [0.15, 0.2) is 0 Å². The summed E-state index contributed by atoms with van der Waals surface area (Å²) in [6, 6.07) is 6.79. The van der Waals surface area contributed by atoms with Crippen LogP contribution in [0.15, 0.2) is 23.6 Å². The first-order valence-corrected chi connectivity index (χ1v) is 8.39. The fourth-order valence-electron chi connectivity index (χ4n) is 2.62. The zero-order chi connectivity index (χ0) is 15.4. The Morgan fingerprint density at radius 1 is 1.14 bits per heavy atom. The van der Waals surface area contributed by atoms with Crippen LogP contribution >= 0.6 is 11.3 Å². The third-order valence-electron chi connectivity index (χ3n) is 3.98. The van der Waals surface area contributed by atoms with Gasteiger partial charge < -0.3 is 10.1 Å². The minimum atomic E-state index is 0.208. The number of nitrogens with one attached hydrogen (secondary N) is 1. The monoisotopic (exact) mass is 303 g/mol. The van der Waals surface area contributed by atoms with Crippen LogP contribution in [-0.2, 0) is 0 Å². The lowest BCUT2D eigenvalue weighted by atomic mass is 9.96. The molecule has 0 saturated carbocycles. The van der Waals surface area contributed by atoms with E-state index in [0.717, 1.165) is 18.7 Å². The molecule has 1 aromatic heterocycles. The van der Waals surface area contributed by atoms with Gasteiger partial charge in [0.1, 0.15) is 5.75 Å². The minimum absolute atomic E-state index is 0.208. The highest BCUT2D eigenvalue weighted by molar-refractivity contribution is 7.10. The Balaban J connectivity index is 2.51. The Hall–Kier alpha value is -1.32. The quantitative estimate of drug-likeness (QED) is 0.830. The summed E-state index contributed by atoms with van der Waals surface area (Å²) < 4.78 is 5.72. The number of thiophene rings is 1. The second-order valence-electron chi connectivity index (χ2n) is 5.48. The van der Waals surface area contributed by atoms with E-state index in [0.29, 0.717) is 0 Å². The summed E-state index contributed by atoms with van der Waals surface area (Å²) >= 11 is 1.81. The molecule has 1 N–H and O–H groups in total. The van der Waals surface area contributed by atoms with Gasteiger partial charge in [-0.05, 0) is 61.9 Å². The molecule has 1 heterocycles. The SMILES string of the molecule is CCCNC(c1ccc(C)c(C)c1OC)c1sccc1C. The molecule has 0 aliphatic heterocycles. The van der Waals surface area contributed by atoms with E-state index in [9.17, 15) is 0 Å². The summed E-state index contributed by atoms with van der Waals surface area (Å²) in [6.07, 6.45) is 1.12. The highest BCUT2D eigenvalue weighted by Crippen LogP contribution is 2.37. The van der Waals surface area contributed by atoms with Gasteiger partial charge in [0.25, 0.3) is 0 Å². The zero-order valence-corrected chi connectivity index (χ0v) is 14.4. The van der Waals surface area contributed by atoms with Crippen molar-refractivity contribution in [2.24, 2.45) is 0 Å². The summed E-state index contributed by atoms with van der Waals surface area (Å²) in [4.78, 5) is 1.38. The second-order valence-corrected chi connectivity index (χ2v) is 6.43. The summed E-state index contributed by atoms with van der Waals surface area (Å²) in [5.74, 6) is 1.01. The zero-order valence-electron chi connectivity index (χ0n) is 13.6. The average Bonchev–Trinajstić information content (AvgIpc) is 2.89. The molecular weight excluding hydrogens is 278 g/mol. The maximum atomic E-state index is 5.72. The van der Waals surface area contributed by atoms with E-state index >= 15 is 0 Å². The van der Waals surface area contributed by atoms with Crippen molar-refractivity contribution in [2.45, 2.75) is 40.2 Å². The van der Waals surface area contributed by atoms with E-state index in [1.54, 1.807) is 7.11 Å². The van der Waals surface area contributed by atoms with Crippen LogP contribution < -0.4 is 10.1 Å². The van der Waals surface area contributed by atoms with Crippen molar-refractivity contribution in [3.05, 3.63) is 50.7 Å². The van der Waals surface area contributed by atoms with Gasteiger partial charge in [-0.25, -0.2) is 0 Å². The van der Waals surface area contributed by atoms with Crippen LogP contribution in [0.3, 0.4) is 0 Å². The molecule has 21 heavy (non-hydrogen) atoms. The number of ether oxygens (including phenoxy) is 1. The van der Waals surface area contributed by atoms with Crippen LogP contribution in [0.5, 0.6) is 5.75 Å². The van der Waals surface area contributed by atoms with E-state index in [1.165, 1.54) is 27.1 Å². The predicted molar refractivity (Wildman–Crippen MR) is 91.7 cm³/mol.